The first-order valence-electron chi connectivity index (χ1n) is 3.54. The SMILES string of the molecule is COC(=O)c1c[nH]c(C)c(Br)c1=O. The largest absolute Gasteiger partial charge is 0.465 e. The quantitative estimate of drug-likeness (QED) is 0.758. The molecule has 0 saturated carbocycles. The van der Waals surface area contributed by atoms with Crippen LogP contribution in [-0.4, -0.2) is 18.1 Å². The van der Waals surface area contributed by atoms with Crippen LogP contribution in [0, 0.1) is 6.92 Å². The van der Waals surface area contributed by atoms with Crippen LogP contribution in [0.15, 0.2) is 15.5 Å². The van der Waals surface area contributed by atoms with Crippen molar-refractivity contribution >= 4 is 21.9 Å². The molecule has 0 amide bonds. The Morgan fingerprint density at radius 2 is 2.23 bits per heavy atom. The van der Waals surface area contributed by atoms with E-state index in [1.807, 2.05) is 0 Å². The van der Waals surface area contributed by atoms with Gasteiger partial charge in [-0.2, -0.15) is 0 Å². The van der Waals surface area contributed by atoms with Gasteiger partial charge in [0.05, 0.1) is 11.6 Å². The molecule has 5 heteroatoms. The summed E-state index contributed by atoms with van der Waals surface area (Å²) in [6, 6.07) is 0. The number of aryl methyl sites for hydroxylation is 1. The molecule has 0 unspecified atom stereocenters. The predicted molar refractivity (Wildman–Crippen MR) is 50.8 cm³/mol. The molecular formula is C8H8BrNO3. The fourth-order valence-electron chi connectivity index (χ4n) is 0.859. The van der Waals surface area contributed by atoms with Crippen molar-refractivity contribution in [3.8, 4) is 0 Å². The second kappa shape index (κ2) is 3.74. The van der Waals surface area contributed by atoms with Crippen molar-refractivity contribution < 1.29 is 9.53 Å². The third-order valence-corrected chi connectivity index (χ3v) is 2.57. The molecule has 0 saturated heterocycles. The number of aromatic amines is 1. The number of hydrogen-bond acceptors (Lipinski definition) is 3. The fourth-order valence-corrected chi connectivity index (χ4v) is 1.19. The average molecular weight is 246 g/mol. The number of carbonyl (C=O) groups excluding carboxylic acids is 1. The van der Waals surface area contributed by atoms with Gasteiger partial charge < -0.3 is 9.72 Å². The number of nitrogens with one attached hydrogen (secondary N) is 1. The number of H-pyrrole nitrogens is 1. The summed E-state index contributed by atoms with van der Waals surface area (Å²) < 4.78 is 4.79. The van der Waals surface area contributed by atoms with Gasteiger partial charge in [-0.3, -0.25) is 4.79 Å². The Balaban J connectivity index is 3.35. The van der Waals surface area contributed by atoms with Gasteiger partial charge in [-0.25, -0.2) is 4.79 Å². The number of pyridine rings is 1. The molecule has 0 radical (unpaired) electrons. The van der Waals surface area contributed by atoms with Gasteiger partial charge in [0.1, 0.15) is 5.56 Å². The molecular weight excluding hydrogens is 238 g/mol. The van der Waals surface area contributed by atoms with E-state index in [0.717, 1.165) is 0 Å². The molecule has 1 heterocycles. The number of hydrogen-bond donors (Lipinski definition) is 1. The highest BCUT2D eigenvalue weighted by Gasteiger charge is 2.13. The molecule has 13 heavy (non-hydrogen) atoms. The first kappa shape index (κ1) is 9.98. The summed E-state index contributed by atoms with van der Waals surface area (Å²) in [5.41, 5.74) is 0.320. The summed E-state index contributed by atoms with van der Waals surface area (Å²) in [6.45, 7) is 1.73. The van der Waals surface area contributed by atoms with E-state index in [0.29, 0.717) is 10.2 Å². The topological polar surface area (TPSA) is 59.2 Å². The zero-order valence-electron chi connectivity index (χ0n) is 7.18. The number of methoxy groups -OCH3 is 1. The van der Waals surface area contributed by atoms with Crippen LogP contribution in [0.1, 0.15) is 16.1 Å². The van der Waals surface area contributed by atoms with Gasteiger partial charge >= 0.3 is 5.97 Å². The molecule has 0 spiro atoms. The molecule has 1 aromatic heterocycles. The van der Waals surface area contributed by atoms with Gasteiger partial charge in [0.15, 0.2) is 0 Å². The summed E-state index contributed by atoms with van der Waals surface area (Å²) in [7, 11) is 1.23. The number of esters is 1. The van der Waals surface area contributed by atoms with Crippen molar-refractivity contribution in [2.24, 2.45) is 0 Å². The monoisotopic (exact) mass is 245 g/mol. The third kappa shape index (κ3) is 1.80. The summed E-state index contributed by atoms with van der Waals surface area (Å²) in [5.74, 6) is -0.637. The van der Waals surface area contributed by atoms with Crippen molar-refractivity contribution in [2.45, 2.75) is 6.92 Å². The molecule has 0 aliphatic carbocycles. The summed E-state index contributed by atoms with van der Waals surface area (Å²) >= 11 is 3.08. The second-order valence-electron chi connectivity index (χ2n) is 2.46. The van der Waals surface area contributed by atoms with Gasteiger partial charge in [-0.1, -0.05) is 0 Å². The molecule has 0 atom stereocenters. The Hall–Kier alpha value is -1.10. The molecule has 1 aromatic rings. The molecule has 1 N–H and O–H groups in total. The molecule has 0 aliphatic heterocycles. The van der Waals surface area contributed by atoms with E-state index in [1.54, 1.807) is 6.92 Å². The van der Waals surface area contributed by atoms with Crippen molar-refractivity contribution in [3.63, 3.8) is 0 Å². The molecule has 4 nitrogen and oxygen atoms in total. The molecule has 0 fully saturated rings. The van der Waals surface area contributed by atoms with Gasteiger partial charge in [0.25, 0.3) is 0 Å². The Kier molecular flexibility index (Phi) is 2.87. The lowest BCUT2D eigenvalue weighted by Crippen LogP contribution is -2.18. The maximum absolute atomic E-state index is 11.4. The summed E-state index contributed by atoms with van der Waals surface area (Å²) in [4.78, 5) is 25.2. The molecule has 0 aromatic carbocycles. The van der Waals surface area contributed by atoms with Crippen LogP contribution in [0.3, 0.4) is 0 Å². The highest BCUT2D eigenvalue weighted by atomic mass is 79.9. The van der Waals surface area contributed by atoms with E-state index in [2.05, 4.69) is 25.7 Å². The zero-order chi connectivity index (χ0) is 10.0. The Morgan fingerprint density at radius 3 is 2.77 bits per heavy atom. The third-order valence-electron chi connectivity index (χ3n) is 1.61. The van der Waals surface area contributed by atoms with E-state index in [1.165, 1.54) is 13.3 Å². The van der Waals surface area contributed by atoms with E-state index in [-0.39, 0.29) is 11.0 Å². The Morgan fingerprint density at radius 1 is 1.62 bits per heavy atom. The zero-order valence-corrected chi connectivity index (χ0v) is 8.77. The number of aromatic nitrogens is 1. The van der Waals surface area contributed by atoms with Crippen LogP contribution in [0.25, 0.3) is 0 Å². The van der Waals surface area contributed by atoms with Gasteiger partial charge in [-0.15, -0.1) is 0 Å². The first-order valence-corrected chi connectivity index (χ1v) is 4.33. The standard InChI is InChI=1S/C8H8BrNO3/c1-4-6(9)7(11)5(3-10-4)8(12)13-2/h3H,1-2H3,(H,10,11). The number of halogens is 1. The minimum absolute atomic E-state index is 0.0000231. The Bertz CT molecular complexity index is 397. The lowest BCUT2D eigenvalue weighted by atomic mass is 10.2. The van der Waals surface area contributed by atoms with Crippen LogP contribution in [0.4, 0.5) is 0 Å². The predicted octanol–water partition coefficient (Wildman–Crippen LogP) is 1.23. The van der Waals surface area contributed by atoms with Crippen LogP contribution in [-0.2, 0) is 4.74 Å². The van der Waals surface area contributed by atoms with E-state index in [4.69, 9.17) is 0 Å². The highest BCUT2D eigenvalue weighted by molar-refractivity contribution is 9.10. The van der Waals surface area contributed by atoms with Crippen LogP contribution in [0.2, 0.25) is 0 Å². The van der Waals surface area contributed by atoms with Gasteiger partial charge in [0.2, 0.25) is 5.43 Å². The lowest BCUT2D eigenvalue weighted by Gasteiger charge is -2.01. The second-order valence-corrected chi connectivity index (χ2v) is 3.26. The van der Waals surface area contributed by atoms with E-state index < -0.39 is 5.97 Å². The van der Waals surface area contributed by atoms with E-state index >= 15 is 0 Å². The Labute approximate surface area is 83.1 Å². The van der Waals surface area contributed by atoms with Gasteiger partial charge in [0, 0.05) is 11.9 Å². The van der Waals surface area contributed by atoms with Crippen molar-refractivity contribution in [3.05, 3.63) is 32.2 Å². The number of carbonyl (C=O) groups is 1. The minimum Gasteiger partial charge on any atom is -0.465 e. The number of ether oxygens (including phenoxy) is 1. The highest BCUT2D eigenvalue weighted by Crippen LogP contribution is 2.08. The molecule has 0 aliphatic rings. The normalized spacial score (nSPS) is 9.77. The smallest absolute Gasteiger partial charge is 0.343 e. The first-order chi connectivity index (χ1) is 6.07. The molecule has 0 bridgehead atoms. The lowest BCUT2D eigenvalue weighted by molar-refractivity contribution is 0.0598. The number of rotatable bonds is 1. The summed E-state index contributed by atoms with van der Waals surface area (Å²) in [6.07, 6.45) is 1.34. The maximum atomic E-state index is 11.4. The summed E-state index contributed by atoms with van der Waals surface area (Å²) in [5, 5.41) is 0. The van der Waals surface area contributed by atoms with Crippen molar-refractivity contribution in [2.75, 3.05) is 7.11 Å². The van der Waals surface area contributed by atoms with Gasteiger partial charge in [-0.05, 0) is 22.9 Å². The maximum Gasteiger partial charge on any atom is 0.343 e. The van der Waals surface area contributed by atoms with Crippen molar-refractivity contribution in [1.29, 1.82) is 0 Å². The molecule has 70 valence electrons. The van der Waals surface area contributed by atoms with Crippen molar-refractivity contribution in [1.82, 2.24) is 4.98 Å². The fraction of sp³-hybridized carbons (Fsp3) is 0.250. The van der Waals surface area contributed by atoms with Crippen LogP contribution in [0.5, 0.6) is 0 Å². The van der Waals surface area contributed by atoms with E-state index in [9.17, 15) is 9.59 Å². The molecule has 1 rings (SSSR count). The van der Waals surface area contributed by atoms with Crippen LogP contribution >= 0.6 is 15.9 Å². The average Bonchev–Trinajstić information content (AvgIpc) is 2.13. The minimum atomic E-state index is -0.637. The van der Waals surface area contributed by atoms with Crippen LogP contribution < -0.4 is 5.43 Å².